The maximum Gasteiger partial charge on any atom is 0.198 e. The van der Waals surface area contributed by atoms with Crippen molar-refractivity contribution in [3.05, 3.63) is 48.5 Å². The first-order valence-corrected chi connectivity index (χ1v) is 9.92. The van der Waals surface area contributed by atoms with Crippen LogP contribution >= 0.6 is 23.1 Å². The highest BCUT2D eigenvalue weighted by Gasteiger charge is 2.19. The minimum absolute atomic E-state index is 0.235. The second-order valence-electron chi connectivity index (χ2n) is 6.05. The van der Waals surface area contributed by atoms with Crippen LogP contribution < -0.4 is 4.74 Å². The number of hydrogen-bond acceptors (Lipinski definition) is 6. The fraction of sp³-hybridized carbons (Fsp3) is 0.211. The van der Waals surface area contributed by atoms with Crippen LogP contribution in [0, 0.1) is 0 Å². The first kappa shape index (κ1) is 17.1. The molecule has 5 nitrogen and oxygen atoms in total. The van der Waals surface area contributed by atoms with Gasteiger partial charge in [-0.2, -0.15) is 0 Å². The molecule has 2 heterocycles. The summed E-state index contributed by atoms with van der Waals surface area (Å²) in [6.07, 6.45) is 0. The molecule has 0 saturated carbocycles. The summed E-state index contributed by atoms with van der Waals surface area (Å²) in [4.78, 5) is 4.70. The number of rotatable bonds is 5. The van der Waals surface area contributed by atoms with Crippen molar-refractivity contribution >= 4 is 33.3 Å². The van der Waals surface area contributed by atoms with E-state index in [0.717, 1.165) is 32.2 Å². The fourth-order valence-corrected chi connectivity index (χ4v) is 4.86. The van der Waals surface area contributed by atoms with E-state index in [9.17, 15) is 0 Å². The normalized spacial score (nSPS) is 11.4. The van der Waals surface area contributed by atoms with E-state index in [4.69, 9.17) is 9.72 Å². The van der Waals surface area contributed by atoms with E-state index in [1.54, 1.807) is 30.2 Å². The molecule has 0 aliphatic rings. The highest BCUT2D eigenvalue weighted by atomic mass is 32.2. The summed E-state index contributed by atoms with van der Waals surface area (Å²) in [7, 11) is 1.67. The molecule has 132 valence electrons. The van der Waals surface area contributed by atoms with Crippen LogP contribution in [0.15, 0.2) is 58.0 Å². The Morgan fingerprint density at radius 2 is 1.81 bits per heavy atom. The number of hydrogen-bond donors (Lipinski definition) is 0. The number of methoxy groups -OCH3 is 1. The van der Waals surface area contributed by atoms with Crippen molar-refractivity contribution in [1.29, 1.82) is 0 Å². The summed E-state index contributed by atoms with van der Waals surface area (Å²) in [6, 6.07) is 16.3. The zero-order chi connectivity index (χ0) is 18.1. The highest BCUT2D eigenvalue weighted by molar-refractivity contribution is 8.01. The van der Waals surface area contributed by atoms with Gasteiger partial charge in [-0.15, -0.1) is 21.5 Å². The number of ether oxygens (including phenoxy) is 1. The van der Waals surface area contributed by atoms with E-state index >= 15 is 0 Å². The van der Waals surface area contributed by atoms with Gasteiger partial charge in [0.05, 0.1) is 17.3 Å². The van der Waals surface area contributed by atoms with Gasteiger partial charge in [-0.1, -0.05) is 12.1 Å². The molecular weight excluding hydrogens is 364 g/mol. The summed E-state index contributed by atoms with van der Waals surface area (Å²) in [5, 5.41) is 9.73. The van der Waals surface area contributed by atoms with Gasteiger partial charge in [0.1, 0.15) is 5.75 Å². The van der Waals surface area contributed by atoms with E-state index in [-0.39, 0.29) is 6.04 Å². The summed E-state index contributed by atoms with van der Waals surface area (Å²) >= 11 is 3.24. The van der Waals surface area contributed by atoms with Crippen molar-refractivity contribution in [3.63, 3.8) is 0 Å². The highest BCUT2D eigenvalue weighted by Crippen LogP contribution is 2.36. The molecule has 0 aliphatic carbocycles. The summed E-state index contributed by atoms with van der Waals surface area (Å²) in [5.74, 6) is 1.68. The number of fused-ring (bicyclic) bond motifs is 1. The van der Waals surface area contributed by atoms with Crippen LogP contribution in [0.25, 0.3) is 21.6 Å². The summed E-state index contributed by atoms with van der Waals surface area (Å²) in [6.45, 7) is 4.28. The van der Waals surface area contributed by atoms with Gasteiger partial charge in [0, 0.05) is 11.6 Å². The van der Waals surface area contributed by atoms with Crippen LogP contribution in [0.5, 0.6) is 5.75 Å². The van der Waals surface area contributed by atoms with Gasteiger partial charge >= 0.3 is 0 Å². The average molecular weight is 383 g/mol. The molecule has 0 amide bonds. The number of thiazole rings is 1. The van der Waals surface area contributed by atoms with Crippen molar-refractivity contribution < 1.29 is 4.74 Å². The van der Waals surface area contributed by atoms with Crippen molar-refractivity contribution in [2.75, 3.05) is 7.11 Å². The Hall–Kier alpha value is -2.38. The molecular formula is C19H18N4OS2. The Kier molecular flexibility index (Phi) is 4.65. The van der Waals surface area contributed by atoms with E-state index in [2.05, 4.69) is 34.7 Å². The van der Waals surface area contributed by atoms with Gasteiger partial charge < -0.3 is 4.74 Å². The predicted molar refractivity (Wildman–Crippen MR) is 106 cm³/mol. The van der Waals surface area contributed by atoms with E-state index in [1.165, 1.54) is 4.70 Å². The van der Waals surface area contributed by atoms with Crippen LogP contribution in [-0.4, -0.2) is 26.9 Å². The lowest BCUT2D eigenvalue weighted by atomic mass is 10.2. The number of benzene rings is 2. The number of aromatic nitrogens is 4. The Morgan fingerprint density at radius 1 is 1.04 bits per heavy atom. The molecule has 2 aromatic carbocycles. The summed E-state index contributed by atoms with van der Waals surface area (Å²) < 4.78 is 9.55. The predicted octanol–water partition coefficient (Wildman–Crippen LogP) is 5.30. The minimum atomic E-state index is 0.235. The number of nitrogens with zero attached hydrogens (tertiary/aromatic N) is 4. The molecule has 7 heteroatoms. The van der Waals surface area contributed by atoms with Gasteiger partial charge in [0.25, 0.3) is 0 Å². The monoisotopic (exact) mass is 382 g/mol. The Balaban J connectivity index is 1.71. The van der Waals surface area contributed by atoms with Crippen LogP contribution in [0.4, 0.5) is 0 Å². The molecule has 0 aliphatic heterocycles. The topological polar surface area (TPSA) is 52.8 Å². The standard InChI is InChI=1S/C19H18N4OS2/c1-12(2)23-17(13-8-10-14(24-3)11-9-13)21-22-18(23)26-19-20-15-6-4-5-7-16(15)25-19/h4-12H,1-3H3. The third-order valence-electron chi connectivity index (χ3n) is 3.98. The van der Waals surface area contributed by atoms with E-state index in [0.29, 0.717) is 0 Å². The minimum Gasteiger partial charge on any atom is -0.497 e. The molecule has 4 aromatic rings. The third kappa shape index (κ3) is 3.20. The van der Waals surface area contributed by atoms with Crippen LogP contribution in [-0.2, 0) is 0 Å². The Labute approximate surface area is 160 Å². The largest absolute Gasteiger partial charge is 0.497 e. The molecule has 0 bridgehead atoms. The zero-order valence-electron chi connectivity index (χ0n) is 14.7. The number of para-hydroxylation sites is 1. The Morgan fingerprint density at radius 3 is 2.50 bits per heavy atom. The van der Waals surface area contributed by atoms with Gasteiger partial charge in [-0.05, 0) is 62.0 Å². The van der Waals surface area contributed by atoms with Crippen LogP contribution in [0.1, 0.15) is 19.9 Å². The molecule has 0 N–H and O–H groups in total. The maximum atomic E-state index is 5.24. The molecule has 0 radical (unpaired) electrons. The lowest BCUT2D eigenvalue weighted by Gasteiger charge is -2.13. The van der Waals surface area contributed by atoms with Crippen molar-refractivity contribution in [2.45, 2.75) is 29.4 Å². The molecule has 26 heavy (non-hydrogen) atoms. The SMILES string of the molecule is COc1ccc(-c2nnc(Sc3nc4ccccc4s3)n2C(C)C)cc1. The molecule has 0 fully saturated rings. The van der Waals surface area contributed by atoms with Crippen molar-refractivity contribution in [2.24, 2.45) is 0 Å². The lowest BCUT2D eigenvalue weighted by molar-refractivity contribution is 0.415. The molecule has 0 unspecified atom stereocenters. The molecule has 0 atom stereocenters. The second-order valence-corrected chi connectivity index (χ2v) is 8.29. The van der Waals surface area contributed by atoms with Gasteiger partial charge in [-0.25, -0.2) is 4.98 Å². The average Bonchev–Trinajstić information content (AvgIpc) is 3.25. The first-order valence-electron chi connectivity index (χ1n) is 8.28. The molecule has 4 rings (SSSR count). The quantitative estimate of drug-likeness (QED) is 0.469. The third-order valence-corrected chi connectivity index (χ3v) is 6.04. The van der Waals surface area contributed by atoms with Gasteiger partial charge in [-0.3, -0.25) is 4.57 Å². The van der Waals surface area contributed by atoms with Crippen molar-refractivity contribution in [1.82, 2.24) is 19.7 Å². The Bertz CT molecular complexity index is 1000. The molecule has 0 saturated heterocycles. The van der Waals surface area contributed by atoms with E-state index in [1.807, 2.05) is 42.5 Å². The second kappa shape index (κ2) is 7.09. The lowest BCUT2D eigenvalue weighted by Crippen LogP contribution is -2.04. The van der Waals surface area contributed by atoms with Gasteiger partial charge in [0.2, 0.25) is 0 Å². The molecule has 0 spiro atoms. The first-order chi connectivity index (χ1) is 12.7. The van der Waals surface area contributed by atoms with Gasteiger partial charge in [0.15, 0.2) is 15.3 Å². The smallest absolute Gasteiger partial charge is 0.198 e. The maximum absolute atomic E-state index is 5.24. The molecule has 2 aromatic heterocycles. The fourth-order valence-electron chi connectivity index (χ4n) is 2.72. The summed E-state index contributed by atoms with van der Waals surface area (Å²) in [5.41, 5.74) is 2.04. The van der Waals surface area contributed by atoms with Crippen molar-refractivity contribution in [3.8, 4) is 17.1 Å². The van der Waals surface area contributed by atoms with Crippen LogP contribution in [0.2, 0.25) is 0 Å². The van der Waals surface area contributed by atoms with Crippen LogP contribution in [0.3, 0.4) is 0 Å². The zero-order valence-corrected chi connectivity index (χ0v) is 16.3. The van der Waals surface area contributed by atoms with E-state index < -0.39 is 0 Å².